The molecule has 1 unspecified atom stereocenters. The van der Waals surface area contributed by atoms with E-state index in [1.165, 1.54) is 18.3 Å². The van der Waals surface area contributed by atoms with Crippen molar-refractivity contribution in [3.63, 3.8) is 0 Å². The Balaban J connectivity index is 1.90. The summed E-state index contributed by atoms with van der Waals surface area (Å²) in [6.07, 6.45) is 1.18. The van der Waals surface area contributed by atoms with E-state index in [1.807, 2.05) is 0 Å². The number of hydrogen-bond donors (Lipinski definition) is 4. The highest BCUT2D eigenvalue weighted by Gasteiger charge is 2.28. The van der Waals surface area contributed by atoms with Gasteiger partial charge in [0.1, 0.15) is 11.5 Å². The number of rotatable bonds is 4. The van der Waals surface area contributed by atoms with Crippen molar-refractivity contribution in [2.75, 3.05) is 0 Å². The molecular weight excluding hydrogens is 276 g/mol. The van der Waals surface area contributed by atoms with Crippen molar-refractivity contribution in [3.05, 3.63) is 23.8 Å². The second kappa shape index (κ2) is 6.04. The van der Waals surface area contributed by atoms with Gasteiger partial charge in [0.2, 0.25) is 11.8 Å². The van der Waals surface area contributed by atoms with E-state index in [0.29, 0.717) is 11.3 Å². The smallest absolute Gasteiger partial charge is 0.249 e. The van der Waals surface area contributed by atoms with E-state index in [4.69, 9.17) is 5.11 Å². The first-order chi connectivity index (χ1) is 9.97. The third kappa shape index (κ3) is 3.56. The van der Waals surface area contributed by atoms with Crippen LogP contribution in [0, 0.1) is 5.92 Å². The molecule has 8 heteroatoms. The molecule has 110 valence electrons. The molecule has 8 nitrogen and oxygen atoms in total. The quantitative estimate of drug-likeness (QED) is 0.462. The molecule has 2 rings (SSSR count). The van der Waals surface area contributed by atoms with E-state index < -0.39 is 11.8 Å². The van der Waals surface area contributed by atoms with Crippen molar-refractivity contribution >= 4 is 23.7 Å². The monoisotopic (exact) mass is 290 g/mol. The van der Waals surface area contributed by atoms with Crippen molar-refractivity contribution < 1.29 is 19.8 Å². The van der Waals surface area contributed by atoms with Gasteiger partial charge in [-0.3, -0.25) is 9.59 Å². The molecule has 0 saturated carbocycles. The summed E-state index contributed by atoms with van der Waals surface area (Å²) >= 11 is 0. The average molecular weight is 290 g/mol. The number of phenolic OH excluding ortho intramolecular Hbond substituents is 2. The zero-order valence-corrected chi connectivity index (χ0v) is 11.2. The first-order valence-electron chi connectivity index (χ1n) is 6.15. The molecule has 21 heavy (non-hydrogen) atoms. The third-order valence-electron chi connectivity index (χ3n) is 2.96. The molecule has 0 bridgehead atoms. The SMILES string of the molecule is CC1=NNC(=O)C1CC(=O)N/N=C/c1ccc(O)cc1O. The summed E-state index contributed by atoms with van der Waals surface area (Å²) in [7, 11) is 0. The standard InChI is InChI=1S/C13H14N4O4/c1-7-10(13(21)17-15-7)5-12(20)16-14-6-8-2-3-9(18)4-11(8)19/h2-4,6,10,18-19H,5H2,1H3,(H,16,20)(H,17,21)/b14-6+. The molecule has 0 radical (unpaired) electrons. The normalized spacial score (nSPS) is 17.7. The van der Waals surface area contributed by atoms with Crippen molar-refractivity contribution in [3.8, 4) is 11.5 Å². The van der Waals surface area contributed by atoms with Gasteiger partial charge >= 0.3 is 0 Å². The number of hydrogen-bond acceptors (Lipinski definition) is 6. The summed E-state index contributed by atoms with van der Waals surface area (Å²) in [4.78, 5) is 23.0. The topological polar surface area (TPSA) is 123 Å². The molecule has 2 amide bonds. The highest BCUT2D eigenvalue weighted by molar-refractivity contribution is 6.09. The minimum atomic E-state index is -0.581. The Kier molecular flexibility index (Phi) is 4.17. The fourth-order valence-corrected chi connectivity index (χ4v) is 1.78. The van der Waals surface area contributed by atoms with E-state index in [-0.39, 0.29) is 23.8 Å². The van der Waals surface area contributed by atoms with Gasteiger partial charge in [-0.15, -0.1) is 0 Å². The molecule has 0 spiro atoms. The zero-order valence-electron chi connectivity index (χ0n) is 11.2. The summed E-state index contributed by atoms with van der Waals surface area (Å²) < 4.78 is 0. The summed E-state index contributed by atoms with van der Waals surface area (Å²) in [5.74, 6) is -1.58. The van der Waals surface area contributed by atoms with Crippen LogP contribution in [0.1, 0.15) is 18.9 Å². The van der Waals surface area contributed by atoms with Crippen LogP contribution >= 0.6 is 0 Å². The molecular formula is C13H14N4O4. The zero-order chi connectivity index (χ0) is 15.4. The summed E-state index contributed by atoms with van der Waals surface area (Å²) in [6, 6.07) is 3.99. The summed E-state index contributed by atoms with van der Waals surface area (Å²) in [5.41, 5.74) is 5.44. The molecule has 0 fully saturated rings. The minimum absolute atomic E-state index is 0.0555. The van der Waals surface area contributed by atoms with Crippen molar-refractivity contribution in [1.29, 1.82) is 0 Å². The van der Waals surface area contributed by atoms with Crippen LogP contribution in [0.5, 0.6) is 11.5 Å². The molecule has 4 N–H and O–H groups in total. The lowest BCUT2D eigenvalue weighted by Gasteiger charge is -2.05. The molecule has 1 aliphatic heterocycles. The Labute approximate surface area is 120 Å². The van der Waals surface area contributed by atoms with Crippen LogP contribution in [0.15, 0.2) is 28.4 Å². The predicted molar refractivity (Wildman–Crippen MR) is 74.9 cm³/mol. The highest BCUT2D eigenvalue weighted by atomic mass is 16.3. The van der Waals surface area contributed by atoms with E-state index in [0.717, 1.165) is 6.07 Å². The maximum Gasteiger partial charge on any atom is 0.249 e. The molecule has 1 aliphatic rings. The second-order valence-corrected chi connectivity index (χ2v) is 4.52. The Morgan fingerprint density at radius 3 is 2.90 bits per heavy atom. The van der Waals surface area contributed by atoms with Gasteiger partial charge < -0.3 is 10.2 Å². The number of amides is 2. The lowest BCUT2D eigenvalue weighted by molar-refractivity contribution is -0.127. The van der Waals surface area contributed by atoms with Gasteiger partial charge in [0.25, 0.3) is 0 Å². The van der Waals surface area contributed by atoms with Gasteiger partial charge in [0.15, 0.2) is 0 Å². The van der Waals surface area contributed by atoms with Gasteiger partial charge in [-0.05, 0) is 19.1 Å². The van der Waals surface area contributed by atoms with Crippen molar-refractivity contribution in [2.24, 2.45) is 16.1 Å². The van der Waals surface area contributed by atoms with Crippen LogP contribution in [0.25, 0.3) is 0 Å². The van der Waals surface area contributed by atoms with Gasteiger partial charge in [-0.2, -0.15) is 10.2 Å². The molecule has 0 aliphatic carbocycles. The summed E-state index contributed by atoms with van der Waals surface area (Å²) in [5, 5.41) is 26.1. The number of benzene rings is 1. The Morgan fingerprint density at radius 2 is 2.29 bits per heavy atom. The van der Waals surface area contributed by atoms with Gasteiger partial charge in [0.05, 0.1) is 12.1 Å². The van der Waals surface area contributed by atoms with E-state index in [2.05, 4.69) is 21.1 Å². The number of nitrogens with one attached hydrogen (secondary N) is 2. The van der Waals surface area contributed by atoms with Gasteiger partial charge in [-0.25, -0.2) is 10.9 Å². The first-order valence-corrected chi connectivity index (χ1v) is 6.15. The van der Waals surface area contributed by atoms with Crippen molar-refractivity contribution in [1.82, 2.24) is 10.9 Å². The lowest BCUT2D eigenvalue weighted by atomic mass is 10.0. The number of carbonyl (C=O) groups is 2. The maximum absolute atomic E-state index is 11.7. The van der Waals surface area contributed by atoms with Crippen LogP contribution in [-0.4, -0.2) is 34.0 Å². The van der Waals surface area contributed by atoms with Gasteiger partial charge in [0, 0.05) is 23.8 Å². The predicted octanol–water partition coefficient (Wildman–Crippen LogP) is 0.0599. The Hall–Kier alpha value is -2.90. The van der Waals surface area contributed by atoms with Crippen LogP contribution < -0.4 is 10.9 Å². The number of hydrazone groups is 2. The Bertz CT molecular complexity index is 639. The van der Waals surface area contributed by atoms with Crippen LogP contribution in [0.3, 0.4) is 0 Å². The first kappa shape index (κ1) is 14.5. The highest BCUT2D eigenvalue weighted by Crippen LogP contribution is 2.20. The molecule has 1 aromatic rings. The second-order valence-electron chi connectivity index (χ2n) is 4.52. The molecule has 1 heterocycles. The molecule has 1 aromatic carbocycles. The van der Waals surface area contributed by atoms with Crippen LogP contribution in [0.4, 0.5) is 0 Å². The summed E-state index contributed by atoms with van der Waals surface area (Å²) in [6.45, 7) is 1.66. The third-order valence-corrected chi connectivity index (χ3v) is 2.96. The van der Waals surface area contributed by atoms with Crippen LogP contribution in [0.2, 0.25) is 0 Å². The van der Waals surface area contributed by atoms with E-state index in [1.54, 1.807) is 6.92 Å². The molecule has 1 atom stereocenters. The van der Waals surface area contributed by atoms with Crippen molar-refractivity contribution in [2.45, 2.75) is 13.3 Å². The number of aromatic hydroxyl groups is 2. The fourth-order valence-electron chi connectivity index (χ4n) is 1.78. The van der Waals surface area contributed by atoms with E-state index in [9.17, 15) is 14.7 Å². The number of nitrogens with zero attached hydrogens (tertiary/aromatic N) is 2. The van der Waals surface area contributed by atoms with E-state index >= 15 is 0 Å². The fraction of sp³-hybridized carbons (Fsp3) is 0.231. The average Bonchev–Trinajstić information content (AvgIpc) is 2.73. The molecule has 0 aromatic heterocycles. The number of phenols is 2. The maximum atomic E-state index is 11.7. The molecule has 0 saturated heterocycles. The lowest BCUT2D eigenvalue weighted by Crippen LogP contribution is -2.29. The van der Waals surface area contributed by atoms with Crippen LogP contribution in [-0.2, 0) is 9.59 Å². The Morgan fingerprint density at radius 1 is 1.52 bits per heavy atom. The largest absolute Gasteiger partial charge is 0.508 e. The number of carbonyl (C=O) groups excluding carboxylic acids is 2. The van der Waals surface area contributed by atoms with Gasteiger partial charge in [-0.1, -0.05) is 0 Å². The minimum Gasteiger partial charge on any atom is -0.508 e.